The highest BCUT2D eigenvalue weighted by Gasteiger charge is 2.21. The molecule has 0 bridgehead atoms. The summed E-state index contributed by atoms with van der Waals surface area (Å²) in [5, 5.41) is 11.9. The summed E-state index contributed by atoms with van der Waals surface area (Å²) in [6, 6.07) is 6.14. The van der Waals surface area contributed by atoms with Gasteiger partial charge in [-0.1, -0.05) is 42.5 Å². The van der Waals surface area contributed by atoms with Crippen molar-refractivity contribution in [3.8, 4) is 11.4 Å². The number of carboxylic acids is 1. The third kappa shape index (κ3) is 6.25. The maximum atomic E-state index is 12.0. The van der Waals surface area contributed by atoms with Crippen LogP contribution >= 0.6 is 15.9 Å². The van der Waals surface area contributed by atoms with Crippen molar-refractivity contribution in [2.45, 2.75) is 25.3 Å². The molecule has 7 nitrogen and oxygen atoms in total. The first-order chi connectivity index (χ1) is 14.0. The van der Waals surface area contributed by atoms with Crippen LogP contribution in [0.15, 0.2) is 64.9 Å². The number of aromatic nitrogens is 2. The van der Waals surface area contributed by atoms with Crippen LogP contribution in [-0.2, 0) is 16.0 Å². The molecule has 1 heterocycles. The monoisotopic (exact) mass is 457 g/mol. The second-order valence-electron chi connectivity index (χ2n) is 6.53. The number of hydrogen-bond acceptors (Lipinski definition) is 5. The van der Waals surface area contributed by atoms with Crippen molar-refractivity contribution >= 4 is 28.0 Å². The Morgan fingerprint density at radius 3 is 2.55 bits per heavy atom. The Morgan fingerprint density at radius 2 is 1.93 bits per heavy atom. The third-order valence-corrected chi connectivity index (χ3v) is 4.76. The number of alkyl carbamates (subject to hydrolysis) is 1. The lowest BCUT2D eigenvalue weighted by Gasteiger charge is -2.16. The van der Waals surface area contributed by atoms with Crippen LogP contribution in [-0.4, -0.2) is 39.8 Å². The largest absolute Gasteiger partial charge is 0.480 e. The summed E-state index contributed by atoms with van der Waals surface area (Å²) in [7, 11) is 0. The molecule has 1 aliphatic rings. The number of carbonyl (C=O) groups excluding carboxylic acids is 1. The van der Waals surface area contributed by atoms with Crippen molar-refractivity contribution in [2.75, 3.05) is 6.61 Å². The predicted molar refractivity (Wildman–Crippen MR) is 111 cm³/mol. The van der Waals surface area contributed by atoms with Crippen LogP contribution in [0.4, 0.5) is 4.79 Å². The fraction of sp³-hybridized carbons (Fsp3) is 0.238. The Hall–Kier alpha value is -3.00. The number of ether oxygens (including phenoxy) is 1. The van der Waals surface area contributed by atoms with E-state index in [-0.39, 0.29) is 13.0 Å². The van der Waals surface area contributed by atoms with Gasteiger partial charge in [-0.3, -0.25) is 0 Å². The first-order valence-corrected chi connectivity index (χ1v) is 9.88. The van der Waals surface area contributed by atoms with Crippen LogP contribution in [0.25, 0.3) is 11.4 Å². The molecule has 3 rings (SSSR count). The lowest BCUT2D eigenvalue weighted by atomic mass is 10.0. The Balaban J connectivity index is 1.57. The van der Waals surface area contributed by atoms with Gasteiger partial charge >= 0.3 is 12.1 Å². The van der Waals surface area contributed by atoms with Crippen molar-refractivity contribution < 1.29 is 19.4 Å². The molecule has 2 N–H and O–H groups in total. The zero-order valence-corrected chi connectivity index (χ0v) is 17.1. The number of nitrogens with one attached hydrogen (secondary N) is 1. The topological polar surface area (TPSA) is 101 Å². The summed E-state index contributed by atoms with van der Waals surface area (Å²) in [6.07, 6.45) is 10.3. The Kier molecular flexibility index (Phi) is 7.13. The number of allylic oxidation sites excluding steroid dienone is 3. The van der Waals surface area contributed by atoms with E-state index in [0.717, 1.165) is 34.0 Å². The number of amides is 1. The highest BCUT2D eigenvalue weighted by molar-refractivity contribution is 9.10. The van der Waals surface area contributed by atoms with Gasteiger partial charge in [0.1, 0.15) is 12.6 Å². The fourth-order valence-electron chi connectivity index (χ4n) is 2.80. The summed E-state index contributed by atoms with van der Waals surface area (Å²) < 4.78 is 5.94. The minimum atomic E-state index is -1.12. The number of carbonyl (C=O) groups is 2. The Bertz CT molecular complexity index is 924. The molecule has 0 radical (unpaired) electrons. The number of aliphatic carboxylic acids is 1. The van der Waals surface area contributed by atoms with E-state index in [1.54, 1.807) is 24.5 Å². The molecule has 1 amide bonds. The molecule has 1 atom stereocenters. The van der Waals surface area contributed by atoms with Crippen LogP contribution in [0.1, 0.15) is 18.4 Å². The number of benzene rings is 1. The van der Waals surface area contributed by atoms with E-state index in [0.29, 0.717) is 5.82 Å². The van der Waals surface area contributed by atoms with E-state index in [9.17, 15) is 14.7 Å². The van der Waals surface area contributed by atoms with Gasteiger partial charge in [0.2, 0.25) is 0 Å². The molecule has 150 valence electrons. The quantitative estimate of drug-likeness (QED) is 0.653. The first-order valence-electron chi connectivity index (χ1n) is 9.09. The molecule has 2 aromatic rings. The van der Waals surface area contributed by atoms with Gasteiger partial charge in [0.05, 0.1) is 4.47 Å². The average molecular weight is 458 g/mol. The van der Waals surface area contributed by atoms with Crippen molar-refractivity contribution in [1.82, 2.24) is 15.3 Å². The van der Waals surface area contributed by atoms with Crippen LogP contribution < -0.4 is 5.32 Å². The number of hydrogen-bond donors (Lipinski definition) is 2. The molecule has 0 fully saturated rings. The Labute approximate surface area is 176 Å². The lowest BCUT2D eigenvalue weighted by molar-refractivity contribution is -0.139. The molecule has 0 aliphatic heterocycles. The normalized spacial score (nSPS) is 14.0. The van der Waals surface area contributed by atoms with Crippen molar-refractivity contribution in [1.29, 1.82) is 0 Å². The van der Waals surface area contributed by atoms with Gasteiger partial charge in [-0.2, -0.15) is 0 Å². The van der Waals surface area contributed by atoms with Crippen LogP contribution in [0, 0.1) is 0 Å². The highest BCUT2D eigenvalue weighted by Crippen LogP contribution is 2.18. The highest BCUT2D eigenvalue weighted by atomic mass is 79.9. The average Bonchev–Trinajstić information content (AvgIpc) is 2.73. The molecule has 1 aliphatic carbocycles. The summed E-state index contributed by atoms with van der Waals surface area (Å²) in [5.41, 5.74) is 2.58. The summed E-state index contributed by atoms with van der Waals surface area (Å²) >= 11 is 3.29. The smallest absolute Gasteiger partial charge is 0.408 e. The molecule has 29 heavy (non-hydrogen) atoms. The summed E-state index contributed by atoms with van der Waals surface area (Å²) in [5.74, 6) is -0.551. The molecule has 0 saturated heterocycles. The van der Waals surface area contributed by atoms with Gasteiger partial charge in [-0.25, -0.2) is 19.6 Å². The van der Waals surface area contributed by atoms with E-state index in [1.807, 2.05) is 30.4 Å². The molecule has 0 unspecified atom stereocenters. The maximum absolute atomic E-state index is 12.0. The van der Waals surface area contributed by atoms with Crippen LogP contribution in [0.5, 0.6) is 0 Å². The second-order valence-corrected chi connectivity index (χ2v) is 7.44. The molecule has 0 saturated carbocycles. The minimum absolute atomic E-state index is 0.136. The standard InChI is InChI=1S/C21H20BrN3O4/c22-17-11-23-19(24-12-17)16-8-6-14(7-9-16)10-18(20(26)27)25-21(28)29-13-15-4-2-1-3-5-15/h1-2,4,6-9,11-12,18H,3,5,10,13H2,(H,25,28)(H,26,27)/t18-/m0/s1. The lowest BCUT2D eigenvalue weighted by Crippen LogP contribution is -2.42. The zero-order valence-electron chi connectivity index (χ0n) is 15.5. The third-order valence-electron chi connectivity index (χ3n) is 4.35. The number of nitrogens with zero attached hydrogens (tertiary/aromatic N) is 2. The minimum Gasteiger partial charge on any atom is -0.480 e. The van der Waals surface area contributed by atoms with E-state index in [4.69, 9.17) is 4.74 Å². The number of carboxylic acid groups (broad SMARTS) is 1. The molecule has 0 spiro atoms. The van der Waals surface area contributed by atoms with Gasteiger partial charge in [0, 0.05) is 24.4 Å². The van der Waals surface area contributed by atoms with Crippen molar-refractivity contribution in [3.05, 3.63) is 70.5 Å². The van der Waals surface area contributed by atoms with E-state index in [2.05, 4.69) is 31.2 Å². The first kappa shape index (κ1) is 20.7. The summed E-state index contributed by atoms with van der Waals surface area (Å²) in [6.45, 7) is 0.157. The van der Waals surface area contributed by atoms with Gasteiger partial charge in [0.15, 0.2) is 5.82 Å². The predicted octanol–water partition coefficient (Wildman–Crippen LogP) is 3.90. The molecule has 1 aromatic heterocycles. The molecular formula is C21H20BrN3O4. The van der Waals surface area contributed by atoms with Crippen molar-refractivity contribution in [3.63, 3.8) is 0 Å². The SMILES string of the molecule is O=C(N[C@@H](Cc1ccc(-c2ncc(Br)cn2)cc1)C(=O)O)OCC1=CC=CCC1. The van der Waals surface area contributed by atoms with Crippen molar-refractivity contribution in [2.24, 2.45) is 0 Å². The maximum Gasteiger partial charge on any atom is 0.408 e. The second kappa shape index (κ2) is 9.97. The van der Waals surface area contributed by atoms with E-state index in [1.165, 1.54) is 0 Å². The number of rotatable bonds is 7. The molecule has 8 heteroatoms. The fourth-order valence-corrected chi connectivity index (χ4v) is 3.01. The molecular weight excluding hydrogens is 438 g/mol. The van der Waals surface area contributed by atoms with Crippen LogP contribution in [0.2, 0.25) is 0 Å². The van der Waals surface area contributed by atoms with Gasteiger partial charge < -0.3 is 15.2 Å². The van der Waals surface area contributed by atoms with Crippen LogP contribution in [0.3, 0.4) is 0 Å². The van der Waals surface area contributed by atoms with E-state index >= 15 is 0 Å². The zero-order chi connectivity index (χ0) is 20.6. The van der Waals surface area contributed by atoms with E-state index < -0.39 is 18.1 Å². The van der Waals surface area contributed by atoms with Gasteiger partial charge in [-0.15, -0.1) is 0 Å². The molecule has 1 aromatic carbocycles. The summed E-state index contributed by atoms with van der Waals surface area (Å²) in [4.78, 5) is 32.0. The van der Waals surface area contributed by atoms with Gasteiger partial charge in [0.25, 0.3) is 0 Å². The van der Waals surface area contributed by atoms with Gasteiger partial charge in [-0.05, 0) is 39.9 Å². The number of halogens is 1. The Morgan fingerprint density at radius 1 is 1.21 bits per heavy atom.